The number of hydrogen-bond donors (Lipinski definition) is 2. The van der Waals surface area contributed by atoms with Crippen LogP contribution in [0.5, 0.6) is 0 Å². The molecule has 1 aliphatic heterocycles. The molecule has 1 aromatic rings. The number of sulfonamides is 1. The summed E-state index contributed by atoms with van der Waals surface area (Å²) in [4.78, 5) is 26.3. The Labute approximate surface area is 172 Å². The highest BCUT2D eigenvalue weighted by molar-refractivity contribution is 7.89. The van der Waals surface area contributed by atoms with Gasteiger partial charge in [-0.2, -0.15) is 0 Å². The van der Waals surface area contributed by atoms with Gasteiger partial charge >= 0.3 is 0 Å². The molecule has 3 rings (SSSR count). The Kier molecular flexibility index (Phi) is 7.08. The van der Waals surface area contributed by atoms with E-state index in [1.807, 2.05) is 6.92 Å². The van der Waals surface area contributed by atoms with E-state index < -0.39 is 10.0 Å². The number of amides is 2. The van der Waals surface area contributed by atoms with E-state index in [0.717, 1.165) is 37.7 Å². The standard InChI is InChI=1S/C21H29N3O4S/c1-2-4-20(25)22-18-5-3-14-24(15-18)21(26)13-8-16-6-11-19(12-7-16)29(27,28)23-17-9-10-17/h6-8,11-13,17-18,23H,2-5,9-10,14-15H2,1H3,(H,22,25)/b13-8+. The van der Waals surface area contributed by atoms with Crippen molar-refractivity contribution in [3.63, 3.8) is 0 Å². The quantitative estimate of drug-likeness (QED) is 0.631. The minimum absolute atomic E-state index is 0.00334. The SMILES string of the molecule is CCCC(=O)NC1CCCN(C(=O)/C=C/c2ccc(S(=O)(=O)NC3CC3)cc2)C1. The molecule has 158 valence electrons. The average Bonchev–Trinajstić information content (AvgIpc) is 3.50. The fourth-order valence-electron chi connectivity index (χ4n) is 3.34. The van der Waals surface area contributed by atoms with Crippen LogP contribution < -0.4 is 10.0 Å². The van der Waals surface area contributed by atoms with Gasteiger partial charge in [-0.25, -0.2) is 13.1 Å². The third-order valence-corrected chi connectivity index (χ3v) is 6.62. The molecule has 8 heteroatoms. The highest BCUT2D eigenvalue weighted by atomic mass is 32.2. The summed E-state index contributed by atoms with van der Waals surface area (Å²) in [6.07, 6.45) is 8.02. The minimum atomic E-state index is -3.47. The van der Waals surface area contributed by atoms with Crippen molar-refractivity contribution in [2.75, 3.05) is 13.1 Å². The molecule has 1 heterocycles. The maximum Gasteiger partial charge on any atom is 0.246 e. The molecule has 2 amide bonds. The molecular weight excluding hydrogens is 390 g/mol. The lowest BCUT2D eigenvalue weighted by atomic mass is 10.1. The van der Waals surface area contributed by atoms with Crippen LogP contribution in [0.1, 0.15) is 51.0 Å². The molecule has 1 unspecified atom stereocenters. The lowest BCUT2D eigenvalue weighted by Gasteiger charge is -2.32. The van der Waals surface area contributed by atoms with Gasteiger partial charge in [0.25, 0.3) is 0 Å². The van der Waals surface area contributed by atoms with Crippen LogP contribution in [0.15, 0.2) is 35.2 Å². The fourth-order valence-corrected chi connectivity index (χ4v) is 4.65. The number of likely N-dealkylation sites (tertiary alicyclic amines) is 1. The molecule has 0 spiro atoms. The van der Waals surface area contributed by atoms with E-state index in [1.165, 1.54) is 6.08 Å². The Morgan fingerprint density at radius 3 is 2.52 bits per heavy atom. The number of hydrogen-bond acceptors (Lipinski definition) is 4. The Morgan fingerprint density at radius 2 is 1.86 bits per heavy atom. The molecule has 0 radical (unpaired) electrons. The highest BCUT2D eigenvalue weighted by Gasteiger charge is 2.28. The van der Waals surface area contributed by atoms with Gasteiger partial charge in [0.15, 0.2) is 0 Å². The van der Waals surface area contributed by atoms with Gasteiger partial charge in [0.2, 0.25) is 21.8 Å². The van der Waals surface area contributed by atoms with Crippen LogP contribution in [0.25, 0.3) is 6.08 Å². The Bertz CT molecular complexity index is 860. The van der Waals surface area contributed by atoms with Crippen LogP contribution in [-0.2, 0) is 19.6 Å². The molecular formula is C21H29N3O4S. The van der Waals surface area contributed by atoms with E-state index in [1.54, 1.807) is 35.2 Å². The summed E-state index contributed by atoms with van der Waals surface area (Å²) in [6.45, 7) is 3.16. The van der Waals surface area contributed by atoms with E-state index >= 15 is 0 Å². The largest absolute Gasteiger partial charge is 0.352 e. The first-order valence-electron chi connectivity index (χ1n) is 10.3. The smallest absolute Gasteiger partial charge is 0.246 e. The van der Waals surface area contributed by atoms with Gasteiger partial charge in [-0.15, -0.1) is 0 Å². The van der Waals surface area contributed by atoms with Gasteiger partial charge in [-0.3, -0.25) is 9.59 Å². The van der Waals surface area contributed by atoms with E-state index in [2.05, 4.69) is 10.0 Å². The first kappa shape index (κ1) is 21.5. The zero-order valence-corrected chi connectivity index (χ0v) is 17.6. The lowest BCUT2D eigenvalue weighted by molar-refractivity contribution is -0.129. The van der Waals surface area contributed by atoms with E-state index in [-0.39, 0.29) is 28.8 Å². The number of nitrogens with zero attached hydrogens (tertiary/aromatic N) is 1. The number of carbonyl (C=O) groups excluding carboxylic acids is 2. The number of rotatable bonds is 8. The molecule has 7 nitrogen and oxygen atoms in total. The predicted octanol–water partition coefficient (Wildman–Crippen LogP) is 2.05. The van der Waals surface area contributed by atoms with Gasteiger partial charge in [0.05, 0.1) is 4.90 Å². The van der Waals surface area contributed by atoms with E-state index in [9.17, 15) is 18.0 Å². The van der Waals surface area contributed by atoms with Gasteiger partial charge < -0.3 is 10.2 Å². The van der Waals surface area contributed by atoms with Crippen molar-refractivity contribution in [2.24, 2.45) is 0 Å². The molecule has 0 aromatic heterocycles. The minimum Gasteiger partial charge on any atom is -0.352 e. The van der Waals surface area contributed by atoms with Crippen molar-refractivity contribution in [1.82, 2.24) is 14.9 Å². The van der Waals surface area contributed by atoms with Gasteiger partial charge in [0, 0.05) is 37.7 Å². The molecule has 2 fully saturated rings. The third kappa shape index (κ3) is 6.40. The number of benzene rings is 1. The summed E-state index contributed by atoms with van der Waals surface area (Å²) in [6, 6.07) is 6.55. The average molecular weight is 420 g/mol. The molecule has 2 N–H and O–H groups in total. The summed E-state index contributed by atoms with van der Waals surface area (Å²) in [7, 11) is -3.47. The molecule has 1 atom stereocenters. The fraction of sp³-hybridized carbons (Fsp3) is 0.524. The van der Waals surface area contributed by atoms with E-state index in [0.29, 0.717) is 19.5 Å². The zero-order chi connectivity index (χ0) is 20.9. The van der Waals surface area contributed by atoms with Gasteiger partial charge in [-0.05, 0) is 55.9 Å². The van der Waals surface area contributed by atoms with Crippen LogP contribution in [0.3, 0.4) is 0 Å². The molecule has 1 aromatic carbocycles. The second kappa shape index (κ2) is 9.54. The zero-order valence-electron chi connectivity index (χ0n) is 16.8. The number of carbonyl (C=O) groups is 2. The van der Waals surface area contributed by atoms with Crippen LogP contribution in [0.4, 0.5) is 0 Å². The monoisotopic (exact) mass is 419 g/mol. The van der Waals surface area contributed by atoms with Gasteiger partial charge in [0.1, 0.15) is 0 Å². The molecule has 2 aliphatic rings. The molecule has 1 saturated carbocycles. The number of nitrogens with one attached hydrogen (secondary N) is 2. The van der Waals surface area contributed by atoms with Crippen LogP contribution >= 0.6 is 0 Å². The van der Waals surface area contributed by atoms with Crippen molar-refractivity contribution < 1.29 is 18.0 Å². The summed E-state index contributed by atoms with van der Waals surface area (Å²) >= 11 is 0. The molecule has 1 saturated heterocycles. The summed E-state index contributed by atoms with van der Waals surface area (Å²) in [5.74, 6) is -0.0694. The molecule has 0 bridgehead atoms. The molecule has 29 heavy (non-hydrogen) atoms. The van der Waals surface area contributed by atoms with Crippen molar-refractivity contribution in [1.29, 1.82) is 0 Å². The lowest BCUT2D eigenvalue weighted by Crippen LogP contribution is -2.49. The van der Waals surface area contributed by atoms with Crippen molar-refractivity contribution in [2.45, 2.75) is 62.4 Å². The second-order valence-corrected chi connectivity index (χ2v) is 9.45. The Balaban J connectivity index is 1.55. The highest BCUT2D eigenvalue weighted by Crippen LogP contribution is 2.22. The maximum absolute atomic E-state index is 12.5. The van der Waals surface area contributed by atoms with Crippen molar-refractivity contribution >= 4 is 27.9 Å². The van der Waals surface area contributed by atoms with Crippen molar-refractivity contribution in [3.8, 4) is 0 Å². The topological polar surface area (TPSA) is 95.6 Å². The summed E-state index contributed by atoms with van der Waals surface area (Å²) in [5.41, 5.74) is 0.758. The summed E-state index contributed by atoms with van der Waals surface area (Å²) < 4.78 is 27.0. The van der Waals surface area contributed by atoms with Crippen LogP contribution in [0.2, 0.25) is 0 Å². The Morgan fingerprint density at radius 1 is 1.14 bits per heavy atom. The van der Waals surface area contributed by atoms with Crippen molar-refractivity contribution in [3.05, 3.63) is 35.9 Å². The van der Waals surface area contributed by atoms with E-state index in [4.69, 9.17) is 0 Å². The summed E-state index contributed by atoms with van der Waals surface area (Å²) in [5, 5.41) is 3.00. The van der Waals surface area contributed by atoms with Crippen LogP contribution in [-0.4, -0.2) is 50.3 Å². The van der Waals surface area contributed by atoms with Crippen LogP contribution in [0, 0.1) is 0 Å². The normalized spacial score (nSPS) is 20.0. The first-order chi connectivity index (χ1) is 13.9. The number of piperidine rings is 1. The van der Waals surface area contributed by atoms with Gasteiger partial charge in [-0.1, -0.05) is 19.1 Å². The first-order valence-corrected chi connectivity index (χ1v) is 11.7. The molecule has 1 aliphatic carbocycles. The maximum atomic E-state index is 12.5. The Hall–Kier alpha value is -2.19. The second-order valence-electron chi connectivity index (χ2n) is 7.74. The third-order valence-electron chi connectivity index (χ3n) is 5.08. The predicted molar refractivity (Wildman–Crippen MR) is 111 cm³/mol.